The first kappa shape index (κ1) is 39.0. The van der Waals surface area contributed by atoms with E-state index in [9.17, 15) is 0 Å². The third-order valence-electron chi connectivity index (χ3n) is 15.4. The van der Waals surface area contributed by atoms with Gasteiger partial charge in [-0.15, -0.1) is 11.3 Å². The maximum Gasteiger partial charge on any atom is 0.333 e. The van der Waals surface area contributed by atoms with Crippen LogP contribution in [-0.4, -0.2) is 11.4 Å². The third-order valence-corrected chi connectivity index (χ3v) is 16.6. The second-order valence-electron chi connectivity index (χ2n) is 22.5. The summed E-state index contributed by atoms with van der Waals surface area (Å²) in [6.45, 7) is 26.4. The molecule has 2 aliphatic heterocycles. The fourth-order valence-corrected chi connectivity index (χ4v) is 13.0. The van der Waals surface area contributed by atoms with Gasteiger partial charge in [0, 0.05) is 53.6 Å². The van der Waals surface area contributed by atoms with Gasteiger partial charge in [-0.1, -0.05) is 142 Å². The summed E-state index contributed by atoms with van der Waals surface area (Å²) in [4.78, 5) is 2.81. The molecule has 0 spiro atoms. The molecule has 0 saturated heterocycles. The van der Waals surface area contributed by atoms with Gasteiger partial charge in [-0.05, 0) is 145 Å². The Bertz CT molecular complexity index is 3440. The molecule has 0 saturated carbocycles. The second kappa shape index (κ2) is 12.8. The van der Waals surface area contributed by atoms with Gasteiger partial charge in [0.05, 0.1) is 11.0 Å². The van der Waals surface area contributed by atoms with Crippen LogP contribution < -0.4 is 15.7 Å². The van der Waals surface area contributed by atoms with Crippen LogP contribution in [0.25, 0.3) is 69.9 Å². The standard InChI is InChI=1S/C59H57BN2S/c1-34-27-44-45(59(10,11)26-25-58(44,8)9)33-49(34)62-48-24-22-40-39-19-15-16-20-51(39)63-55(40)52(48)43-28-36(35-17-13-12-14-18-35)29-50-53(43)60(62)46-32-38(57(5,6)7)31-42-41-30-37(56(2,3)4)21-23-47(41)61(50)54(42)46/h12-24,27-33H,25-26H2,1-11H3. The molecule has 4 heteroatoms. The van der Waals surface area contributed by atoms with Gasteiger partial charge in [0.25, 0.3) is 0 Å². The second-order valence-corrected chi connectivity index (χ2v) is 23.6. The fourth-order valence-electron chi connectivity index (χ4n) is 11.7. The maximum absolute atomic E-state index is 2.81. The summed E-state index contributed by atoms with van der Waals surface area (Å²) in [5, 5.41) is 5.37. The molecule has 4 heterocycles. The number of fused-ring (bicyclic) bond motifs is 12. The summed E-state index contributed by atoms with van der Waals surface area (Å²) in [5.74, 6) is 0. The highest BCUT2D eigenvalue weighted by Gasteiger charge is 2.47. The van der Waals surface area contributed by atoms with Gasteiger partial charge in [-0.2, -0.15) is 0 Å². The molecule has 2 nitrogen and oxygen atoms in total. The van der Waals surface area contributed by atoms with Crippen LogP contribution in [0.4, 0.5) is 11.4 Å². The summed E-state index contributed by atoms with van der Waals surface area (Å²) >= 11 is 1.96. The van der Waals surface area contributed by atoms with Crippen molar-refractivity contribution in [2.75, 3.05) is 4.81 Å². The molecule has 9 aromatic rings. The summed E-state index contributed by atoms with van der Waals surface area (Å²) < 4.78 is 5.37. The lowest BCUT2D eigenvalue weighted by atomic mass is 9.43. The average molecular weight is 837 g/mol. The summed E-state index contributed by atoms with van der Waals surface area (Å²) in [6, 6.07) is 47.8. The van der Waals surface area contributed by atoms with E-state index in [0.29, 0.717) is 0 Å². The van der Waals surface area contributed by atoms with E-state index in [-0.39, 0.29) is 28.5 Å². The zero-order valence-corrected chi connectivity index (χ0v) is 39.7. The van der Waals surface area contributed by atoms with E-state index >= 15 is 0 Å². The SMILES string of the molecule is Cc1cc2c(cc1N1B3c4c(cc(-c5ccccc5)cc4-n4c5ccc(C(C)(C)C)cc5c5cc(C(C)(C)C)cc3c54)-c3c1ccc1c3sc3ccccc31)C(C)(C)CCC2(C)C. The zero-order chi connectivity index (χ0) is 43.7. The van der Waals surface area contributed by atoms with Crippen LogP contribution in [0, 0.1) is 6.92 Å². The quantitative estimate of drug-likeness (QED) is 0.158. The molecule has 0 N–H and O–H groups in total. The molecule has 63 heavy (non-hydrogen) atoms. The van der Waals surface area contributed by atoms with E-state index in [1.165, 1.54) is 133 Å². The minimum absolute atomic E-state index is 0.0185. The van der Waals surface area contributed by atoms with Gasteiger partial charge in [0.1, 0.15) is 0 Å². The molecule has 0 unspecified atom stereocenters. The fraction of sp³-hybridized carbons (Fsp3) is 0.288. The van der Waals surface area contributed by atoms with Crippen LogP contribution in [0.15, 0.2) is 121 Å². The predicted octanol–water partition coefficient (Wildman–Crippen LogP) is 15.3. The highest BCUT2D eigenvalue weighted by atomic mass is 32.1. The van der Waals surface area contributed by atoms with Gasteiger partial charge >= 0.3 is 6.85 Å². The van der Waals surface area contributed by atoms with Crippen molar-refractivity contribution in [2.24, 2.45) is 0 Å². The van der Waals surface area contributed by atoms with Crippen molar-refractivity contribution in [3.05, 3.63) is 149 Å². The number of aromatic nitrogens is 1. The van der Waals surface area contributed by atoms with Crippen LogP contribution in [0.5, 0.6) is 0 Å². The van der Waals surface area contributed by atoms with Crippen molar-refractivity contribution in [3.63, 3.8) is 0 Å². The zero-order valence-electron chi connectivity index (χ0n) is 38.8. The average Bonchev–Trinajstić information content (AvgIpc) is 3.79. The Morgan fingerprint density at radius 3 is 1.98 bits per heavy atom. The number of nitrogens with zero attached hydrogens (tertiary/aromatic N) is 2. The Hall–Kier alpha value is -5.58. The number of hydrogen-bond acceptors (Lipinski definition) is 2. The van der Waals surface area contributed by atoms with Gasteiger partial charge in [0.2, 0.25) is 0 Å². The van der Waals surface area contributed by atoms with Crippen LogP contribution in [0.2, 0.25) is 0 Å². The first-order chi connectivity index (χ1) is 29.9. The molecule has 0 bridgehead atoms. The van der Waals surface area contributed by atoms with E-state index in [2.05, 4.69) is 207 Å². The number of benzene rings is 7. The molecule has 312 valence electrons. The minimum Gasteiger partial charge on any atom is -0.376 e. The molecular formula is C59H57BN2S. The molecule has 7 aromatic carbocycles. The Morgan fingerprint density at radius 2 is 1.25 bits per heavy atom. The predicted molar refractivity (Wildman–Crippen MR) is 276 cm³/mol. The van der Waals surface area contributed by atoms with Gasteiger partial charge in [-0.25, -0.2) is 0 Å². The monoisotopic (exact) mass is 836 g/mol. The van der Waals surface area contributed by atoms with Crippen molar-refractivity contribution in [1.82, 2.24) is 4.57 Å². The Morgan fingerprint density at radius 1 is 0.571 bits per heavy atom. The molecule has 0 atom stereocenters. The highest BCUT2D eigenvalue weighted by molar-refractivity contribution is 7.26. The lowest BCUT2D eigenvalue weighted by Gasteiger charge is -2.46. The number of thiophene rings is 1. The molecule has 0 radical (unpaired) electrons. The molecule has 2 aromatic heterocycles. The first-order valence-corrected chi connectivity index (χ1v) is 24.0. The van der Waals surface area contributed by atoms with Gasteiger partial charge < -0.3 is 9.38 Å². The van der Waals surface area contributed by atoms with Crippen molar-refractivity contribution >= 4 is 82.5 Å². The van der Waals surface area contributed by atoms with Gasteiger partial charge in [-0.3, -0.25) is 0 Å². The van der Waals surface area contributed by atoms with E-state index < -0.39 is 0 Å². The minimum atomic E-state index is -0.0565. The van der Waals surface area contributed by atoms with Crippen LogP contribution >= 0.6 is 11.3 Å². The number of rotatable bonds is 2. The lowest BCUT2D eigenvalue weighted by Crippen LogP contribution is -2.61. The normalized spacial score (nSPS) is 16.2. The summed E-state index contributed by atoms with van der Waals surface area (Å²) in [5.41, 5.74) is 21.8. The van der Waals surface area contributed by atoms with Crippen molar-refractivity contribution in [3.8, 4) is 27.9 Å². The molecular weight excluding hydrogens is 780 g/mol. The molecule has 0 amide bonds. The topological polar surface area (TPSA) is 8.17 Å². The van der Waals surface area contributed by atoms with Crippen LogP contribution in [0.3, 0.4) is 0 Å². The largest absolute Gasteiger partial charge is 0.376 e. The van der Waals surface area contributed by atoms with E-state index in [1.54, 1.807) is 0 Å². The summed E-state index contributed by atoms with van der Waals surface area (Å²) in [7, 11) is 0. The number of hydrogen-bond donors (Lipinski definition) is 0. The number of anilines is 2. The highest BCUT2D eigenvalue weighted by Crippen LogP contribution is 2.54. The Balaban J connectivity index is 1.30. The molecule has 1 aliphatic carbocycles. The van der Waals surface area contributed by atoms with E-state index in [0.717, 1.165) is 0 Å². The van der Waals surface area contributed by atoms with Crippen molar-refractivity contribution in [1.29, 1.82) is 0 Å². The Labute approximate surface area is 377 Å². The van der Waals surface area contributed by atoms with E-state index in [4.69, 9.17) is 0 Å². The first-order valence-electron chi connectivity index (χ1n) is 23.2. The van der Waals surface area contributed by atoms with Crippen LogP contribution in [-0.2, 0) is 21.7 Å². The summed E-state index contributed by atoms with van der Waals surface area (Å²) in [6.07, 6.45) is 2.38. The van der Waals surface area contributed by atoms with Crippen molar-refractivity contribution < 1.29 is 0 Å². The molecule has 3 aliphatic rings. The molecule has 0 fully saturated rings. The van der Waals surface area contributed by atoms with Crippen molar-refractivity contribution in [2.45, 2.75) is 111 Å². The third kappa shape index (κ3) is 5.49. The lowest BCUT2D eigenvalue weighted by molar-refractivity contribution is 0.332. The smallest absolute Gasteiger partial charge is 0.333 e. The van der Waals surface area contributed by atoms with E-state index in [1.807, 2.05) is 11.3 Å². The maximum atomic E-state index is 2.81. The Kier molecular flexibility index (Phi) is 7.93. The molecule has 12 rings (SSSR count). The van der Waals surface area contributed by atoms with Crippen LogP contribution in [0.1, 0.15) is 110 Å². The number of aryl methyl sites for hydroxylation is 1. The van der Waals surface area contributed by atoms with Gasteiger partial charge in [0.15, 0.2) is 0 Å².